The quantitative estimate of drug-likeness (QED) is 0.0169. The molecule has 0 bridgehead atoms. The predicted octanol–water partition coefficient (Wildman–Crippen LogP) is 21.6. The van der Waals surface area contributed by atoms with Gasteiger partial charge < -0.3 is 33.8 Å². The summed E-state index contributed by atoms with van der Waals surface area (Å²) in [7, 11) is -9.92. The Labute approximate surface area is 573 Å². The fraction of sp³-hybridized carbons (Fsp3) is 0.867. The van der Waals surface area contributed by atoms with Crippen molar-refractivity contribution in [2.45, 2.75) is 380 Å². The van der Waals surface area contributed by atoms with Gasteiger partial charge in [-0.1, -0.05) is 308 Å². The van der Waals surface area contributed by atoms with Gasteiger partial charge >= 0.3 is 39.5 Å². The van der Waals surface area contributed by atoms with E-state index in [1.807, 2.05) is 0 Å². The van der Waals surface area contributed by atoms with Crippen LogP contribution < -0.4 is 0 Å². The maximum Gasteiger partial charge on any atom is 0.472 e. The summed E-state index contributed by atoms with van der Waals surface area (Å²) in [5.41, 5.74) is 0. The molecule has 3 N–H and O–H groups in total. The first-order chi connectivity index (χ1) is 45.7. The molecule has 5 atom stereocenters. The molecule has 0 aliphatic rings. The molecule has 0 aromatic heterocycles. The summed E-state index contributed by atoms with van der Waals surface area (Å²) < 4.78 is 68.4. The second-order valence-electron chi connectivity index (χ2n) is 26.0. The number of aliphatic hydroxyl groups excluding tert-OH is 1. The van der Waals surface area contributed by atoms with E-state index in [1.165, 1.54) is 154 Å². The Morgan fingerprint density at radius 3 is 0.819 bits per heavy atom. The highest BCUT2D eigenvalue weighted by molar-refractivity contribution is 7.47. The summed E-state index contributed by atoms with van der Waals surface area (Å²) in [6.45, 7) is 4.89. The van der Waals surface area contributed by atoms with Crippen molar-refractivity contribution in [1.82, 2.24) is 0 Å². The van der Waals surface area contributed by atoms with Gasteiger partial charge in [0, 0.05) is 25.7 Å². The number of allylic oxidation sites excluding steroid dienone is 6. The van der Waals surface area contributed by atoms with Crippen molar-refractivity contribution in [3.8, 4) is 0 Å². The van der Waals surface area contributed by atoms with Gasteiger partial charge in [-0.3, -0.25) is 37.3 Å². The van der Waals surface area contributed by atoms with Crippen LogP contribution >= 0.6 is 15.6 Å². The van der Waals surface area contributed by atoms with Crippen LogP contribution in [0, 0.1) is 0 Å². The summed E-state index contributed by atoms with van der Waals surface area (Å²) in [6, 6.07) is 0. The summed E-state index contributed by atoms with van der Waals surface area (Å²) in [4.78, 5) is 72.7. The van der Waals surface area contributed by atoms with Crippen molar-refractivity contribution < 1.29 is 80.2 Å². The number of esters is 4. The average molecular weight is 1380 g/mol. The molecule has 5 unspecified atom stereocenters. The fourth-order valence-corrected chi connectivity index (χ4v) is 12.3. The molecule has 0 aliphatic carbocycles. The van der Waals surface area contributed by atoms with Crippen LogP contribution in [-0.2, 0) is 65.4 Å². The van der Waals surface area contributed by atoms with Crippen LogP contribution in [0.2, 0.25) is 0 Å². The first kappa shape index (κ1) is 91.3. The van der Waals surface area contributed by atoms with Gasteiger partial charge in [0.15, 0.2) is 12.2 Å². The summed E-state index contributed by atoms with van der Waals surface area (Å²) >= 11 is 0. The third kappa shape index (κ3) is 67.8. The number of ether oxygens (including phenoxy) is 4. The summed E-state index contributed by atoms with van der Waals surface area (Å²) in [5, 5.41) is 10.6. The lowest BCUT2D eigenvalue weighted by molar-refractivity contribution is -0.161. The van der Waals surface area contributed by atoms with Gasteiger partial charge in [-0.15, -0.1) is 0 Å². The van der Waals surface area contributed by atoms with E-state index in [4.69, 9.17) is 37.0 Å². The minimum absolute atomic E-state index is 0.101. The van der Waals surface area contributed by atoms with Crippen LogP contribution in [0.1, 0.15) is 362 Å². The number of unbranched alkanes of at least 4 members (excludes halogenated alkanes) is 41. The van der Waals surface area contributed by atoms with E-state index in [1.54, 1.807) is 0 Å². The van der Waals surface area contributed by atoms with Crippen molar-refractivity contribution in [2.75, 3.05) is 39.6 Å². The number of hydrogen-bond acceptors (Lipinski definition) is 15. The lowest BCUT2D eigenvalue weighted by Crippen LogP contribution is -2.30. The zero-order chi connectivity index (χ0) is 69.0. The molecule has 0 fully saturated rings. The normalized spacial score (nSPS) is 14.2. The van der Waals surface area contributed by atoms with E-state index in [0.717, 1.165) is 128 Å². The number of aliphatic hydroxyl groups is 1. The number of carbonyl (C=O) groups excluding carboxylic acids is 4. The Morgan fingerprint density at radius 1 is 0.298 bits per heavy atom. The topological polar surface area (TPSA) is 237 Å². The molecule has 552 valence electrons. The number of phosphoric acid groups is 2. The summed E-state index contributed by atoms with van der Waals surface area (Å²) in [5.74, 6) is -2.15. The van der Waals surface area contributed by atoms with Gasteiger partial charge in [0.2, 0.25) is 0 Å². The molecule has 0 aromatic carbocycles. The van der Waals surface area contributed by atoms with E-state index in [9.17, 15) is 43.2 Å². The Hall–Kier alpha value is -2.72. The summed E-state index contributed by atoms with van der Waals surface area (Å²) in [6.07, 6.45) is 62.8. The molecule has 0 saturated carbocycles. The zero-order valence-electron chi connectivity index (χ0n) is 60.2. The Bertz CT molecular complexity index is 1930. The minimum atomic E-state index is -4.96. The number of phosphoric ester groups is 2. The molecule has 19 heteroatoms. The number of hydrogen-bond donors (Lipinski definition) is 3. The van der Waals surface area contributed by atoms with Gasteiger partial charge in [0.25, 0.3) is 0 Å². The molecule has 0 heterocycles. The van der Waals surface area contributed by atoms with Crippen LogP contribution in [0.3, 0.4) is 0 Å². The standard InChI is InChI=1S/C75H140O17P2/c1-5-9-13-17-21-25-29-31-32-33-34-35-36-38-41-44-48-52-56-60-73(78)86-66-71(92-75(80)62-58-54-50-46-42-37-30-26-22-18-14-10-6-2)68-90-94(83,84)88-64-69(76)63-87-93(81,82)89-67-70(91-74(79)61-57-53-49-45-40-28-24-20-16-12-8-4)65-85-72(77)59-55-51-47-43-39-27-23-19-15-11-7-3/h21,25,31-32,34-35,69-71,76H,5-20,22-24,26-30,33,36-68H2,1-4H3,(H,81,82)(H,83,84)/b25-21-,32-31-,35-34-. The predicted molar refractivity (Wildman–Crippen MR) is 381 cm³/mol. The minimum Gasteiger partial charge on any atom is -0.462 e. The largest absolute Gasteiger partial charge is 0.472 e. The molecular formula is C75H140O17P2. The molecule has 0 amide bonds. The maximum atomic E-state index is 13.1. The number of carbonyl (C=O) groups is 4. The molecule has 94 heavy (non-hydrogen) atoms. The zero-order valence-corrected chi connectivity index (χ0v) is 61.9. The lowest BCUT2D eigenvalue weighted by atomic mass is 10.0. The van der Waals surface area contributed by atoms with Gasteiger partial charge in [0.1, 0.15) is 19.3 Å². The molecular weight excluding hydrogens is 1230 g/mol. The van der Waals surface area contributed by atoms with Gasteiger partial charge in [-0.2, -0.15) is 0 Å². The number of rotatable bonds is 73. The van der Waals surface area contributed by atoms with Gasteiger partial charge in [-0.05, 0) is 64.2 Å². The van der Waals surface area contributed by atoms with Crippen molar-refractivity contribution in [1.29, 1.82) is 0 Å². The second-order valence-corrected chi connectivity index (χ2v) is 28.9. The van der Waals surface area contributed by atoms with Crippen LogP contribution in [0.4, 0.5) is 0 Å². The monoisotopic (exact) mass is 1370 g/mol. The fourth-order valence-electron chi connectivity index (χ4n) is 10.8. The van der Waals surface area contributed by atoms with Crippen molar-refractivity contribution in [2.24, 2.45) is 0 Å². The van der Waals surface area contributed by atoms with Crippen molar-refractivity contribution >= 4 is 39.5 Å². The molecule has 0 saturated heterocycles. The highest BCUT2D eigenvalue weighted by Crippen LogP contribution is 2.45. The first-order valence-electron chi connectivity index (χ1n) is 38.2. The molecule has 0 spiro atoms. The molecule has 0 radical (unpaired) electrons. The molecule has 0 rings (SSSR count). The van der Waals surface area contributed by atoms with Crippen molar-refractivity contribution in [3.63, 3.8) is 0 Å². The maximum absolute atomic E-state index is 13.1. The Kier molecular flexibility index (Phi) is 66.8. The third-order valence-corrected chi connectivity index (χ3v) is 18.5. The second kappa shape index (κ2) is 68.8. The SMILES string of the molecule is CCCCC/C=C\C/C=C\C/C=C\CCCCCCCCC(=O)OCC(COP(=O)(O)OCC(O)COP(=O)(O)OCC(COC(=O)CCCCCCCCCCCCC)OC(=O)CCCCCCCCCCCCC)OC(=O)CCCCCCCCCCCCCCC. The Morgan fingerprint density at radius 2 is 0.521 bits per heavy atom. The van der Waals surface area contributed by atoms with E-state index in [-0.39, 0.29) is 25.7 Å². The van der Waals surface area contributed by atoms with E-state index >= 15 is 0 Å². The van der Waals surface area contributed by atoms with Crippen LogP contribution in [-0.4, -0.2) is 96.7 Å². The van der Waals surface area contributed by atoms with Gasteiger partial charge in [0.05, 0.1) is 26.4 Å². The average Bonchev–Trinajstić information content (AvgIpc) is 1.73. The third-order valence-electron chi connectivity index (χ3n) is 16.6. The van der Waals surface area contributed by atoms with Crippen LogP contribution in [0.5, 0.6) is 0 Å². The molecule has 0 aliphatic heterocycles. The smallest absolute Gasteiger partial charge is 0.462 e. The van der Waals surface area contributed by atoms with E-state index in [0.29, 0.717) is 25.7 Å². The Balaban J connectivity index is 5.26. The molecule has 0 aromatic rings. The van der Waals surface area contributed by atoms with Crippen LogP contribution in [0.15, 0.2) is 36.5 Å². The van der Waals surface area contributed by atoms with Gasteiger partial charge in [-0.25, -0.2) is 9.13 Å². The van der Waals surface area contributed by atoms with E-state index in [2.05, 4.69) is 64.2 Å². The lowest BCUT2D eigenvalue weighted by Gasteiger charge is -2.21. The van der Waals surface area contributed by atoms with E-state index < -0.39 is 97.5 Å². The first-order valence-corrected chi connectivity index (χ1v) is 41.2. The van der Waals surface area contributed by atoms with Crippen molar-refractivity contribution in [3.05, 3.63) is 36.5 Å². The highest BCUT2D eigenvalue weighted by Gasteiger charge is 2.30. The molecule has 17 nitrogen and oxygen atoms in total. The highest BCUT2D eigenvalue weighted by atomic mass is 31.2. The van der Waals surface area contributed by atoms with Crippen LogP contribution in [0.25, 0.3) is 0 Å².